The van der Waals surface area contributed by atoms with Gasteiger partial charge in [-0.3, -0.25) is 4.90 Å². The molecule has 1 unspecified atom stereocenters. The number of likely N-dealkylation sites (N-methyl/N-ethyl adjacent to an activating group) is 1. The minimum Gasteiger partial charge on any atom is -0.390 e. The summed E-state index contributed by atoms with van der Waals surface area (Å²) in [6.07, 6.45) is 5.07. The van der Waals surface area contributed by atoms with Crippen LogP contribution in [0.4, 0.5) is 0 Å². The molecule has 1 N–H and O–H groups in total. The third-order valence-electron chi connectivity index (χ3n) is 3.96. The van der Waals surface area contributed by atoms with Gasteiger partial charge < -0.3 is 5.11 Å². The van der Waals surface area contributed by atoms with E-state index in [1.165, 1.54) is 12.8 Å². The molecular weight excluding hydrogens is 198 g/mol. The van der Waals surface area contributed by atoms with Gasteiger partial charge in [0, 0.05) is 12.0 Å². The highest BCUT2D eigenvalue weighted by Gasteiger charge is 2.43. The number of nitrogens with zero attached hydrogens (tertiary/aromatic N) is 1. The summed E-state index contributed by atoms with van der Waals surface area (Å²) in [6, 6.07) is 0. The van der Waals surface area contributed by atoms with E-state index in [0.717, 1.165) is 25.9 Å². The molecule has 0 aliphatic heterocycles. The third-order valence-corrected chi connectivity index (χ3v) is 3.96. The van der Waals surface area contributed by atoms with Crippen molar-refractivity contribution in [1.29, 1.82) is 0 Å². The molecule has 0 aromatic rings. The molecule has 1 aliphatic carbocycles. The van der Waals surface area contributed by atoms with Crippen LogP contribution in [0.2, 0.25) is 0 Å². The number of aliphatic hydroxyl groups excluding tert-OH is 1. The van der Waals surface area contributed by atoms with Crippen molar-refractivity contribution in [3.8, 4) is 11.8 Å². The van der Waals surface area contributed by atoms with Gasteiger partial charge in [0.15, 0.2) is 0 Å². The van der Waals surface area contributed by atoms with Crippen LogP contribution < -0.4 is 0 Å². The summed E-state index contributed by atoms with van der Waals surface area (Å²) in [6.45, 7) is 8.25. The normalized spacial score (nSPS) is 20.6. The molecule has 0 aromatic carbocycles. The van der Waals surface area contributed by atoms with E-state index in [1.54, 1.807) is 0 Å². The van der Waals surface area contributed by atoms with Crippen LogP contribution in [-0.4, -0.2) is 34.7 Å². The summed E-state index contributed by atoms with van der Waals surface area (Å²) in [4.78, 5) is 2.43. The second-order valence-electron chi connectivity index (χ2n) is 4.63. The van der Waals surface area contributed by atoms with Crippen LogP contribution in [-0.2, 0) is 0 Å². The Hall–Kier alpha value is -0.520. The second-order valence-corrected chi connectivity index (χ2v) is 4.63. The highest BCUT2D eigenvalue weighted by Crippen LogP contribution is 2.38. The van der Waals surface area contributed by atoms with E-state index >= 15 is 0 Å². The van der Waals surface area contributed by atoms with E-state index < -0.39 is 0 Å². The number of aliphatic hydroxyl groups is 1. The van der Waals surface area contributed by atoms with Gasteiger partial charge >= 0.3 is 0 Å². The lowest BCUT2D eigenvalue weighted by Crippen LogP contribution is -2.54. The van der Waals surface area contributed by atoms with Crippen molar-refractivity contribution in [3.05, 3.63) is 0 Å². The lowest BCUT2D eigenvalue weighted by Gasteiger charge is -2.43. The van der Waals surface area contributed by atoms with E-state index in [1.807, 2.05) is 6.92 Å². The fourth-order valence-corrected chi connectivity index (χ4v) is 3.09. The predicted octanol–water partition coefficient (Wildman–Crippen LogP) is 2.42. The molecule has 16 heavy (non-hydrogen) atoms. The van der Waals surface area contributed by atoms with Crippen molar-refractivity contribution < 1.29 is 5.11 Å². The van der Waals surface area contributed by atoms with E-state index in [-0.39, 0.29) is 11.6 Å². The molecular formula is C14H25NO. The summed E-state index contributed by atoms with van der Waals surface area (Å²) < 4.78 is 0. The van der Waals surface area contributed by atoms with Crippen molar-refractivity contribution in [2.45, 2.75) is 64.5 Å². The lowest BCUT2D eigenvalue weighted by atomic mass is 9.86. The SMILES string of the molecule is CC#CCC(O)C1(N(CC)CC)CCCC1. The lowest BCUT2D eigenvalue weighted by molar-refractivity contribution is -0.0220. The quantitative estimate of drug-likeness (QED) is 0.724. The van der Waals surface area contributed by atoms with Gasteiger partial charge in [0.25, 0.3) is 0 Å². The van der Waals surface area contributed by atoms with Gasteiger partial charge in [-0.25, -0.2) is 0 Å². The molecule has 1 saturated carbocycles. The van der Waals surface area contributed by atoms with Crippen molar-refractivity contribution in [3.63, 3.8) is 0 Å². The van der Waals surface area contributed by atoms with Gasteiger partial charge in [-0.05, 0) is 32.9 Å². The Labute approximate surface area is 100 Å². The Kier molecular flexibility index (Phi) is 5.31. The van der Waals surface area contributed by atoms with Crippen LogP contribution >= 0.6 is 0 Å². The van der Waals surface area contributed by atoms with Crippen LogP contribution in [0.15, 0.2) is 0 Å². The monoisotopic (exact) mass is 223 g/mol. The Balaban J connectivity index is 2.80. The fourth-order valence-electron chi connectivity index (χ4n) is 3.09. The molecule has 1 rings (SSSR count). The summed E-state index contributed by atoms with van der Waals surface area (Å²) >= 11 is 0. The van der Waals surface area contributed by atoms with Crippen molar-refractivity contribution in [2.75, 3.05) is 13.1 Å². The summed E-state index contributed by atoms with van der Waals surface area (Å²) in [7, 11) is 0. The van der Waals surface area contributed by atoms with Crippen molar-refractivity contribution >= 4 is 0 Å². The molecule has 1 fully saturated rings. The molecule has 2 heteroatoms. The Morgan fingerprint density at radius 1 is 1.25 bits per heavy atom. The van der Waals surface area contributed by atoms with E-state index in [0.29, 0.717) is 6.42 Å². The van der Waals surface area contributed by atoms with Crippen LogP contribution in [0, 0.1) is 11.8 Å². The van der Waals surface area contributed by atoms with Crippen LogP contribution in [0.25, 0.3) is 0 Å². The fraction of sp³-hybridized carbons (Fsp3) is 0.857. The van der Waals surface area contributed by atoms with Gasteiger partial charge in [-0.1, -0.05) is 26.7 Å². The van der Waals surface area contributed by atoms with Crippen LogP contribution in [0.1, 0.15) is 52.9 Å². The van der Waals surface area contributed by atoms with Gasteiger partial charge in [-0.15, -0.1) is 11.8 Å². The van der Waals surface area contributed by atoms with E-state index in [4.69, 9.17) is 0 Å². The molecule has 1 atom stereocenters. The van der Waals surface area contributed by atoms with Crippen molar-refractivity contribution in [1.82, 2.24) is 4.90 Å². The molecule has 0 radical (unpaired) electrons. The minimum absolute atomic E-state index is 0.00729. The van der Waals surface area contributed by atoms with Crippen LogP contribution in [0.5, 0.6) is 0 Å². The molecule has 0 amide bonds. The van der Waals surface area contributed by atoms with Gasteiger partial charge in [-0.2, -0.15) is 0 Å². The maximum atomic E-state index is 10.4. The minimum atomic E-state index is -0.289. The maximum absolute atomic E-state index is 10.4. The van der Waals surface area contributed by atoms with Crippen LogP contribution in [0.3, 0.4) is 0 Å². The summed E-state index contributed by atoms with van der Waals surface area (Å²) in [5.74, 6) is 5.91. The zero-order chi connectivity index (χ0) is 12.0. The predicted molar refractivity (Wildman–Crippen MR) is 68.2 cm³/mol. The molecule has 0 saturated heterocycles. The zero-order valence-corrected chi connectivity index (χ0v) is 10.9. The zero-order valence-electron chi connectivity index (χ0n) is 10.9. The highest BCUT2D eigenvalue weighted by atomic mass is 16.3. The number of hydrogen-bond acceptors (Lipinski definition) is 2. The average molecular weight is 223 g/mol. The second kappa shape index (κ2) is 6.27. The molecule has 1 aliphatic rings. The molecule has 0 heterocycles. The number of rotatable bonds is 5. The number of hydrogen-bond donors (Lipinski definition) is 1. The largest absolute Gasteiger partial charge is 0.390 e. The Morgan fingerprint density at radius 2 is 1.81 bits per heavy atom. The molecule has 0 aromatic heterocycles. The molecule has 0 spiro atoms. The smallest absolute Gasteiger partial charge is 0.0832 e. The highest BCUT2D eigenvalue weighted by molar-refractivity contribution is 5.06. The first-order valence-corrected chi connectivity index (χ1v) is 6.54. The van der Waals surface area contributed by atoms with E-state index in [2.05, 4.69) is 30.6 Å². The molecule has 92 valence electrons. The molecule has 2 nitrogen and oxygen atoms in total. The summed E-state index contributed by atoms with van der Waals surface area (Å²) in [5.41, 5.74) is 0.00729. The topological polar surface area (TPSA) is 23.5 Å². The standard InChI is InChI=1S/C14H25NO/c1-4-7-10-13(16)14(11-8-9-12-14)15(5-2)6-3/h13,16H,5-6,8-12H2,1-3H3. The molecule has 0 bridgehead atoms. The first kappa shape index (κ1) is 13.5. The first-order valence-electron chi connectivity index (χ1n) is 6.54. The average Bonchev–Trinajstić information content (AvgIpc) is 2.78. The van der Waals surface area contributed by atoms with Gasteiger partial charge in [0.2, 0.25) is 0 Å². The third kappa shape index (κ3) is 2.59. The maximum Gasteiger partial charge on any atom is 0.0832 e. The summed E-state index contributed by atoms with van der Waals surface area (Å²) in [5, 5.41) is 10.4. The van der Waals surface area contributed by atoms with Gasteiger partial charge in [0.05, 0.1) is 6.10 Å². The Morgan fingerprint density at radius 3 is 2.25 bits per heavy atom. The van der Waals surface area contributed by atoms with Crippen molar-refractivity contribution in [2.24, 2.45) is 0 Å². The van der Waals surface area contributed by atoms with E-state index in [9.17, 15) is 5.11 Å². The first-order chi connectivity index (χ1) is 7.71. The van der Waals surface area contributed by atoms with Gasteiger partial charge in [0.1, 0.15) is 0 Å². The Bertz CT molecular complexity index is 254.